The maximum absolute atomic E-state index is 13.5. The predicted molar refractivity (Wildman–Crippen MR) is 134 cm³/mol. The van der Waals surface area contributed by atoms with Gasteiger partial charge < -0.3 is 5.32 Å². The van der Waals surface area contributed by atoms with E-state index in [1.54, 1.807) is 10.6 Å². The van der Waals surface area contributed by atoms with Crippen molar-refractivity contribution in [2.24, 2.45) is 0 Å². The van der Waals surface area contributed by atoms with E-state index in [-0.39, 0.29) is 17.0 Å². The molecule has 0 unspecified atom stereocenters. The van der Waals surface area contributed by atoms with Crippen molar-refractivity contribution in [3.63, 3.8) is 0 Å². The Hall–Kier alpha value is -3.97. The van der Waals surface area contributed by atoms with E-state index in [0.717, 1.165) is 22.3 Å². The summed E-state index contributed by atoms with van der Waals surface area (Å²) in [6.45, 7) is 6.14. The highest BCUT2D eigenvalue weighted by atomic mass is 35.5. The van der Waals surface area contributed by atoms with Crippen LogP contribution in [-0.4, -0.2) is 25.1 Å². The van der Waals surface area contributed by atoms with E-state index in [2.05, 4.69) is 15.4 Å². The molecule has 0 aliphatic heterocycles. The highest BCUT2D eigenvalue weighted by Crippen LogP contribution is 2.20. The molecule has 1 amide bonds. The number of aromatic nitrogens is 4. The summed E-state index contributed by atoms with van der Waals surface area (Å²) in [5, 5.41) is 7.86. The lowest BCUT2D eigenvalue weighted by Gasteiger charge is -2.12. The van der Waals surface area contributed by atoms with Crippen molar-refractivity contribution in [1.29, 1.82) is 0 Å². The first-order valence-corrected chi connectivity index (χ1v) is 11.2. The molecule has 0 saturated heterocycles. The molecular weight excluding hydrogens is 450 g/mol. The molecule has 5 aromatic rings. The van der Waals surface area contributed by atoms with Gasteiger partial charge in [0, 0.05) is 10.7 Å². The van der Waals surface area contributed by atoms with Gasteiger partial charge in [-0.15, -0.1) is 5.10 Å². The van der Waals surface area contributed by atoms with E-state index >= 15 is 0 Å². The van der Waals surface area contributed by atoms with Crippen molar-refractivity contribution < 1.29 is 4.79 Å². The molecule has 8 heteroatoms. The van der Waals surface area contributed by atoms with Gasteiger partial charge in [-0.2, -0.15) is 4.98 Å². The van der Waals surface area contributed by atoms with Crippen molar-refractivity contribution in [2.75, 3.05) is 5.32 Å². The average Bonchev–Trinajstić information content (AvgIpc) is 3.25. The monoisotopic (exact) mass is 471 g/mol. The van der Waals surface area contributed by atoms with Crippen LogP contribution in [0.15, 0.2) is 65.5 Å². The second kappa shape index (κ2) is 8.43. The van der Waals surface area contributed by atoms with Gasteiger partial charge in [-0.1, -0.05) is 41.9 Å². The number of halogens is 1. The molecule has 7 nitrogen and oxygen atoms in total. The number of nitrogens with one attached hydrogen (secondary N) is 1. The van der Waals surface area contributed by atoms with Crippen molar-refractivity contribution in [2.45, 2.75) is 27.3 Å². The fraction of sp³-hybridized carbons (Fsp3) is 0.154. The van der Waals surface area contributed by atoms with Crippen LogP contribution in [-0.2, 0) is 6.54 Å². The highest BCUT2D eigenvalue weighted by molar-refractivity contribution is 6.30. The van der Waals surface area contributed by atoms with Crippen LogP contribution in [0.1, 0.15) is 32.9 Å². The van der Waals surface area contributed by atoms with Gasteiger partial charge in [0.2, 0.25) is 11.5 Å². The standard InChI is InChI=1S/C26H22ClN5O2/c1-15-7-9-17(3)20(11-15)28-25(33)23-29-24-26(34)31(14-18-5-4-6-19(27)13-18)22-12-16(2)8-10-21(22)32(24)30-23/h4-13H,14H2,1-3H3,(H,28,33). The quantitative estimate of drug-likeness (QED) is 0.403. The van der Waals surface area contributed by atoms with Gasteiger partial charge in [-0.25, -0.2) is 4.52 Å². The summed E-state index contributed by atoms with van der Waals surface area (Å²) in [5.41, 5.74) is 5.64. The van der Waals surface area contributed by atoms with E-state index < -0.39 is 5.91 Å². The van der Waals surface area contributed by atoms with Crippen LogP contribution in [0.4, 0.5) is 5.69 Å². The van der Waals surface area contributed by atoms with Crippen LogP contribution in [0, 0.1) is 20.8 Å². The normalized spacial score (nSPS) is 11.3. The Morgan fingerprint density at radius 1 is 0.971 bits per heavy atom. The Bertz CT molecular complexity index is 1650. The molecule has 0 aliphatic rings. The van der Waals surface area contributed by atoms with Crippen LogP contribution in [0.5, 0.6) is 0 Å². The van der Waals surface area contributed by atoms with E-state index in [0.29, 0.717) is 28.3 Å². The number of carbonyl (C=O) groups excluding carboxylic acids is 1. The Morgan fingerprint density at radius 3 is 2.53 bits per heavy atom. The van der Waals surface area contributed by atoms with Gasteiger partial charge in [0.1, 0.15) is 0 Å². The molecule has 5 rings (SSSR count). The highest BCUT2D eigenvalue weighted by Gasteiger charge is 2.20. The molecule has 34 heavy (non-hydrogen) atoms. The molecule has 0 atom stereocenters. The van der Waals surface area contributed by atoms with E-state index in [1.165, 1.54) is 4.52 Å². The summed E-state index contributed by atoms with van der Waals surface area (Å²) < 4.78 is 3.09. The summed E-state index contributed by atoms with van der Waals surface area (Å²) in [6.07, 6.45) is 0. The number of benzene rings is 3. The second-order valence-corrected chi connectivity index (χ2v) is 8.89. The number of rotatable bonds is 4. The fourth-order valence-corrected chi connectivity index (χ4v) is 4.21. The van der Waals surface area contributed by atoms with E-state index in [4.69, 9.17) is 11.6 Å². The molecule has 3 aromatic carbocycles. The van der Waals surface area contributed by atoms with Crippen LogP contribution in [0.3, 0.4) is 0 Å². The van der Waals surface area contributed by atoms with Crippen molar-refractivity contribution in [1.82, 2.24) is 19.2 Å². The largest absolute Gasteiger partial charge is 0.319 e. The van der Waals surface area contributed by atoms with E-state index in [9.17, 15) is 9.59 Å². The van der Waals surface area contributed by atoms with Gasteiger partial charge in [-0.3, -0.25) is 14.2 Å². The minimum Gasteiger partial charge on any atom is -0.319 e. The summed E-state index contributed by atoms with van der Waals surface area (Å²) in [5.74, 6) is -0.543. The maximum atomic E-state index is 13.5. The Labute approximate surface area is 200 Å². The van der Waals surface area contributed by atoms with Gasteiger partial charge >= 0.3 is 0 Å². The summed E-state index contributed by atoms with van der Waals surface area (Å²) in [4.78, 5) is 30.8. The molecule has 170 valence electrons. The average molecular weight is 472 g/mol. The summed E-state index contributed by atoms with van der Waals surface area (Å²) in [6, 6.07) is 18.9. The number of aryl methyl sites for hydroxylation is 3. The Morgan fingerprint density at radius 2 is 1.74 bits per heavy atom. The van der Waals surface area contributed by atoms with Crippen LogP contribution in [0.25, 0.3) is 16.7 Å². The lowest BCUT2D eigenvalue weighted by Crippen LogP contribution is -2.24. The molecule has 0 spiro atoms. The molecule has 2 aromatic heterocycles. The molecule has 0 fully saturated rings. The zero-order chi connectivity index (χ0) is 24.0. The number of nitrogens with zero attached hydrogens (tertiary/aromatic N) is 4. The van der Waals surface area contributed by atoms with Crippen molar-refractivity contribution in [3.05, 3.63) is 104 Å². The van der Waals surface area contributed by atoms with Crippen LogP contribution in [0.2, 0.25) is 5.02 Å². The molecule has 1 N–H and O–H groups in total. The zero-order valence-corrected chi connectivity index (χ0v) is 19.7. The molecule has 2 heterocycles. The second-order valence-electron chi connectivity index (χ2n) is 8.46. The topological polar surface area (TPSA) is 81.3 Å². The minimum atomic E-state index is -0.474. The third kappa shape index (κ3) is 3.95. The molecule has 0 saturated carbocycles. The third-order valence-corrected chi connectivity index (χ3v) is 6.00. The Kier molecular flexibility index (Phi) is 5.42. The zero-order valence-electron chi connectivity index (χ0n) is 19.0. The molecular formula is C26H22ClN5O2. The summed E-state index contributed by atoms with van der Waals surface area (Å²) in [7, 11) is 0. The number of carbonyl (C=O) groups is 1. The first-order valence-electron chi connectivity index (χ1n) is 10.8. The fourth-order valence-electron chi connectivity index (χ4n) is 4.00. The smallest absolute Gasteiger partial charge is 0.296 e. The summed E-state index contributed by atoms with van der Waals surface area (Å²) >= 11 is 6.16. The van der Waals surface area contributed by atoms with E-state index in [1.807, 2.05) is 75.4 Å². The van der Waals surface area contributed by atoms with Crippen molar-refractivity contribution >= 4 is 39.9 Å². The first-order chi connectivity index (χ1) is 16.3. The third-order valence-electron chi connectivity index (χ3n) is 5.77. The number of anilines is 1. The SMILES string of the molecule is Cc1ccc(C)c(NC(=O)c2nc3c(=O)n(Cc4cccc(Cl)c4)c4cc(C)ccc4n3n2)c1. The van der Waals surface area contributed by atoms with Crippen LogP contribution < -0.4 is 10.9 Å². The van der Waals surface area contributed by atoms with Gasteiger partial charge in [0.15, 0.2) is 0 Å². The lowest BCUT2D eigenvalue weighted by atomic mass is 10.1. The number of hydrogen-bond acceptors (Lipinski definition) is 4. The lowest BCUT2D eigenvalue weighted by molar-refractivity contribution is 0.101. The Balaban J connectivity index is 1.65. The van der Waals surface area contributed by atoms with Gasteiger partial charge in [0.05, 0.1) is 17.6 Å². The molecule has 0 aliphatic carbocycles. The predicted octanol–water partition coefficient (Wildman–Crippen LogP) is 4.92. The molecule has 0 radical (unpaired) electrons. The maximum Gasteiger partial charge on any atom is 0.296 e. The molecule has 0 bridgehead atoms. The van der Waals surface area contributed by atoms with Gasteiger partial charge in [-0.05, 0) is 73.4 Å². The number of fused-ring (bicyclic) bond motifs is 3. The number of hydrogen-bond donors (Lipinski definition) is 1. The first kappa shape index (κ1) is 21.9. The minimum absolute atomic E-state index is 0.0691. The van der Waals surface area contributed by atoms with Crippen molar-refractivity contribution in [3.8, 4) is 0 Å². The van der Waals surface area contributed by atoms with Crippen LogP contribution >= 0.6 is 11.6 Å². The number of amides is 1. The van der Waals surface area contributed by atoms with Gasteiger partial charge in [0.25, 0.3) is 11.5 Å².